The number of morpholine rings is 1. The molecule has 7 heteroatoms. The molecule has 0 amide bonds. The van der Waals surface area contributed by atoms with Gasteiger partial charge in [0.05, 0.1) is 23.7 Å². The highest BCUT2D eigenvalue weighted by Gasteiger charge is 2.29. The maximum Gasteiger partial charge on any atom is 0.293 e. The first-order valence-electron chi connectivity index (χ1n) is 6.34. The van der Waals surface area contributed by atoms with E-state index in [0.29, 0.717) is 29.9 Å². The van der Waals surface area contributed by atoms with Gasteiger partial charge in [-0.15, -0.1) is 0 Å². The van der Waals surface area contributed by atoms with Gasteiger partial charge in [-0.05, 0) is 19.1 Å². The minimum Gasteiger partial charge on any atom is -0.382 e. The van der Waals surface area contributed by atoms with Crippen LogP contribution in [-0.4, -0.2) is 43.9 Å². The first kappa shape index (κ1) is 15.2. The van der Waals surface area contributed by atoms with Crippen molar-refractivity contribution < 1.29 is 14.4 Å². The van der Waals surface area contributed by atoms with Gasteiger partial charge in [-0.3, -0.25) is 10.1 Å². The smallest absolute Gasteiger partial charge is 0.293 e. The monoisotopic (exact) mass is 344 g/mol. The van der Waals surface area contributed by atoms with Crippen molar-refractivity contribution in [1.29, 1.82) is 0 Å². The maximum atomic E-state index is 11.2. The van der Waals surface area contributed by atoms with Gasteiger partial charge in [0, 0.05) is 30.7 Å². The molecule has 0 aliphatic carbocycles. The number of ether oxygens (including phenoxy) is 2. The third kappa shape index (κ3) is 3.47. The third-order valence-electron chi connectivity index (χ3n) is 3.15. The molecule has 1 fully saturated rings. The molecule has 1 aromatic carbocycles. The lowest BCUT2D eigenvalue weighted by Gasteiger charge is -2.37. The molecule has 1 aliphatic rings. The van der Waals surface area contributed by atoms with Crippen molar-refractivity contribution in [2.24, 2.45) is 0 Å². The second-order valence-corrected chi connectivity index (χ2v) is 5.73. The van der Waals surface area contributed by atoms with Gasteiger partial charge in [-0.1, -0.05) is 15.9 Å². The van der Waals surface area contributed by atoms with Gasteiger partial charge < -0.3 is 14.4 Å². The zero-order chi connectivity index (χ0) is 14.7. The second kappa shape index (κ2) is 6.51. The van der Waals surface area contributed by atoms with Crippen LogP contribution in [-0.2, 0) is 9.47 Å². The minimum atomic E-state index is -0.356. The summed E-state index contributed by atoms with van der Waals surface area (Å²) in [6, 6.07) is 5.11. The van der Waals surface area contributed by atoms with E-state index in [0.717, 1.165) is 0 Å². The Morgan fingerprint density at radius 1 is 1.55 bits per heavy atom. The summed E-state index contributed by atoms with van der Waals surface area (Å²) in [6.07, 6.45) is -0.0702. The summed E-state index contributed by atoms with van der Waals surface area (Å²) in [7, 11) is 1.62. The Balaban J connectivity index is 2.28. The summed E-state index contributed by atoms with van der Waals surface area (Å²) in [5, 5.41) is 11.2. The molecular weight excluding hydrogens is 328 g/mol. The fourth-order valence-electron chi connectivity index (χ4n) is 2.43. The normalized spacial score (nSPS) is 22.9. The molecule has 20 heavy (non-hydrogen) atoms. The van der Waals surface area contributed by atoms with Gasteiger partial charge in [0.15, 0.2) is 0 Å². The number of hydrogen-bond donors (Lipinski definition) is 0. The summed E-state index contributed by atoms with van der Waals surface area (Å²) in [6.45, 7) is 3.65. The van der Waals surface area contributed by atoms with Crippen molar-refractivity contribution >= 4 is 27.3 Å². The Morgan fingerprint density at radius 2 is 2.30 bits per heavy atom. The third-order valence-corrected chi connectivity index (χ3v) is 3.65. The van der Waals surface area contributed by atoms with Crippen molar-refractivity contribution in [3.63, 3.8) is 0 Å². The Morgan fingerprint density at radius 3 is 2.95 bits per heavy atom. The van der Waals surface area contributed by atoms with E-state index in [-0.39, 0.29) is 22.8 Å². The molecule has 6 nitrogen and oxygen atoms in total. The van der Waals surface area contributed by atoms with E-state index >= 15 is 0 Å². The van der Waals surface area contributed by atoms with Crippen molar-refractivity contribution in [1.82, 2.24) is 0 Å². The fraction of sp³-hybridized carbons (Fsp3) is 0.538. The zero-order valence-corrected chi connectivity index (χ0v) is 13.0. The Kier molecular flexibility index (Phi) is 4.95. The zero-order valence-electron chi connectivity index (χ0n) is 11.4. The van der Waals surface area contributed by atoms with E-state index in [1.807, 2.05) is 17.9 Å². The largest absolute Gasteiger partial charge is 0.382 e. The highest BCUT2D eigenvalue weighted by Crippen LogP contribution is 2.32. The topological polar surface area (TPSA) is 64.8 Å². The number of anilines is 1. The Hall–Kier alpha value is -1.18. The number of rotatable bonds is 4. The lowest BCUT2D eigenvalue weighted by atomic mass is 10.1. The van der Waals surface area contributed by atoms with Crippen molar-refractivity contribution in [3.05, 3.63) is 32.8 Å². The van der Waals surface area contributed by atoms with Crippen LogP contribution in [0.4, 0.5) is 11.4 Å². The van der Waals surface area contributed by atoms with Crippen LogP contribution in [0.1, 0.15) is 6.92 Å². The van der Waals surface area contributed by atoms with Gasteiger partial charge in [0.25, 0.3) is 5.69 Å². The first-order valence-corrected chi connectivity index (χ1v) is 7.14. The van der Waals surface area contributed by atoms with E-state index < -0.39 is 0 Å². The molecule has 2 rings (SSSR count). The molecule has 2 atom stereocenters. The highest BCUT2D eigenvalue weighted by atomic mass is 79.9. The van der Waals surface area contributed by atoms with E-state index in [4.69, 9.17) is 9.47 Å². The van der Waals surface area contributed by atoms with Crippen LogP contribution in [0.5, 0.6) is 0 Å². The molecule has 0 spiro atoms. The van der Waals surface area contributed by atoms with Crippen LogP contribution in [0.2, 0.25) is 0 Å². The van der Waals surface area contributed by atoms with Crippen molar-refractivity contribution in [2.45, 2.75) is 19.1 Å². The average Bonchev–Trinajstić information content (AvgIpc) is 2.38. The molecule has 1 heterocycles. The molecule has 1 saturated heterocycles. The van der Waals surface area contributed by atoms with Gasteiger partial charge in [0.2, 0.25) is 0 Å². The fourth-order valence-corrected chi connectivity index (χ4v) is 2.78. The van der Waals surface area contributed by atoms with Crippen LogP contribution < -0.4 is 4.90 Å². The van der Waals surface area contributed by atoms with Crippen molar-refractivity contribution in [2.75, 3.05) is 31.7 Å². The summed E-state index contributed by atoms with van der Waals surface area (Å²) in [5.74, 6) is 0. The molecular formula is C13H17BrN2O4. The number of methoxy groups -OCH3 is 1. The van der Waals surface area contributed by atoms with Crippen molar-refractivity contribution in [3.8, 4) is 0 Å². The quantitative estimate of drug-likeness (QED) is 0.620. The highest BCUT2D eigenvalue weighted by molar-refractivity contribution is 9.10. The van der Waals surface area contributed by atoms with Gasteiger partial charge in [-0.2, -0.15) is 0 Å². The SMILES string of the molecule is COCC1CN(c2ccc(Br)cc2[N+](=O)[O-])CC(C)O1. The Labute approximate surface area is 125 Å². The first-order chi connectivity index (χ1) is 9.51. The number of hydrogen-bond acceptors (Lipinski definition) is 5. The number of nitro benzene ring substituents is 1. The minimum absolute atomic E-state index is 0.00662. The maximum absolute atomic E-state index is 11.2. The van der Waals surface area contributed by atoms with Crippen LogP contribution in [0, 0.1) is 10.1 Å². The van der Waals surface area contributed by atoms with Crippen LogP contribution in [0.15, 0.2) is 22.7 Å². The molecule has 2 unspecified atom stereocenters. The lowest BCUT2D eigenvalue weighted by molar-refractivity contribution is -0.384. The molecule has 0 aromatic heterocycles. The number of halogens is 1. The number of benzene rings is 1. The van der Waals surface area contributed by atoms with Crippen LogP contribution >= 0.6 is 15.9 Å². The van der Waals surface area contributed by atoms with Gasteiger partial charge in [-0.25, -0.2) is 0 Å². The number of nitro groups is 1. The van der Waals surface area contributed by atoms with Gasteiger partial charge >= 0.3 is 0 Å². The standard InChI is InChI=1S/C13H17BrN2O4/c1-9-6-15(7-11(20-9)8-19-2)12-4-3-10(14)5-13(12)16(17)18/h3-5,9,11H,6-8H2,1-2H3. The van der Waals surface area contributed by atoms with Crippen LogP contribution in [0.3, 0.4) is 0 Å². The summed E-state index contributed by atoms with van der Waals surface area (Å²) in [5.41, 5.74) is 0.721. The molecule has 0 bridgehead atoms. The summed E-state index contributed by atoms with van der Waals surface area (Å²) >= 11 is 3.27. The predicted molar refractivity (Wildman–Crippen MR) is 79.2 cm³/mol. The lowest BCUT2D eigenvalue weighted by Crippen LogP contribution is -2.48. The Bertz CT molecular complexity index is 497. The van der Waals surface area contributed by atoms with Gasteiger partial charge in [0.1, 0.15) is 5.69 Å². The van der Waals surface area contributed by atoms with E-state index in [1.54, 1.807) is 13.2 Å². The number of nitrogens with zero attached hydrogens (tertiary/aromatic N) is 2. The van der Waals surface area contributed by atoms with Crippen LogP contribution in [0.25, 0.3) is 0 Å². The summed E-state index contributed by atoms with van der Waals surface area (Å²) in [4.78, 5) is 12.8. The van der Waals surface area contributed by atoms with E-state index in [9.17, 15) is 10.1 Å². The molecule has 0 saturated carbocycles. The molecule has 0 N–H and O–H groups in total. The molecule has 1 aromatic rings. The molecule has 1 aliphatic heterocycles. The average molecular weight is 345 g/mol. The molecule has 110 valence electrons. The van der Waals surface area contributed by atoms with E-state index in [1.165, 1.54) is 6.07 Å². The van der Waals surface area contributed by atoms with E-state index in [2.05, 4.69) is 15.9 Å². The molecule has 0 radical (unpaired) electrons. The summed E-state index contributed by atoms with van der Waals surface area (Å²) < 4.78 is 11.6. The second-order valence-electron chi connectivity index (χ2n) is 4.82. The predicted octanol–water partition coefficient (Wildman–Crippen LogP) is 2.60.